The first-order valence-corrected chi connectivity index (χ1v) is 6.66. The van der Waals surface area contributed by atoms with E-state index in [-0.39, 0.29) is 12.2 Å². The van der Waals surface area contributed by atoms with E-state index >= 15 is 0 Å². The first kappa shape index (κ1) is 16.8. The lowest BCUT2D eigenvalue weighted by molar-refractivity contribution is -0.114. The predicted octanol–water partition coefficient (Wildman–Crippen LogP) is 2.61. The highest BCUT2D eigenvalue weighted by molar-refractivity contribution is 4.53. The van der Waals surface area contributed by atoms with Gasteiger partial charge >= 0.3 is 0 Å². The number of hydrogen-bond acceptors (Lipinski definition) is 4. The minimum absolute atomic E-state index is 0.178. The van der Waals surface area contributed by atoms with Crippen LogP contribution in [0, 0.1) is 0 Å². The number of hydrogen-bond donors (Lipinski definition) is 0. The Labute approximate surface area is 106 Å². The van der Waals surface area contributed by atoms with Crippen LogP contribution in [0.25, 0.3) is 0 Å². The van der Waals surface area contributed by atoms with Gasteiger partial charge in [-0.2, -0.15) is 0 Å². The summed E-state index contributed by atoms with van der Waals surface area (Å²) in [7, 11) is 0. The monoisotopic (exact) mass is 248 g/mol. The van der Waals surface area contributed by atoms with E-state index in [4.69, 9.17) is 18.9 Å². The van der Waals surface area contributed by atoms with E-state index in [2.05, 4.69) is 13.8 Å². The van der Waals surface area contributed by atoms with Crippen molar-refractivity contribution in [3.05, 3.63) is 0 Å². The summed E-state index contributed by atoms with van der Waals surface area (Å²) in [5.41, 5.74) is 0. The molecule has 0 amide bonds. The maximum Gasteiger partial charge on any atom is 0.146 e. The van der Waals surface area contributed by atoms with Crippen LogP contribution in [0.3, 0.4) is 0 Å². The molecule has 0 spiro atoms. The molecule has 2 atom stereocenters. The predicted molar refractivity (Wildman–Crippen MR) is 68.2 cm³/mol. The summed E-state index contributed by atoms with van der Waals surface area (Å²) in [6.07, 6.45) is 2.28. The molecular weight excluding hydrogens is 220 g/mol. The minimum atomic E-state index is 0.178. The SMILES string of the molecule is CCOC(CC)COCOCC(CC)OCC. The van der Waals surface area contributed by atoms with Crippen LogP contribution in [0.4, 0.5) is 0 Å². The van der Waals surface area contributed by atoms with E-state index in [1.807, 2.05) is 13.8 Å². The molecule has 0 aliphatic rings. The Bertz CT molecular complexity index is 136. The minimum Gasteiger partial charge on any atom is -0.376 e. The second-order valence-electron chi connectivity index (χ2n) is 3.83. The lowest BCUT2D eigenvalue weighted by Gasteiger charge is -2.17. The molecule has 0 heterocycles. The molecule has 0 aromatic heterocycles. The van der Waals surface area contributed by atoms with E-state index in [0.717, 1.165) is 26.1 Å². The highest BCUT2D eigenvalue weighted by Crippen LogP contribution is 2.01. The van der Waals surface area contributed by atoms with Gasteiger partial charge in [-0.1, -0.05) is 13.8 Å². The smallest absolute Gasteiger partial charge is 0.146 e. The summed E-state index contributed by atoms with van der Waals surface area (Å²) in [6.45, 7) is 11.1. The Kier molecular flexibility index (Phi) is 12.2. The first-order chi connectivity index (χ1) is 8.28. The quantitative estimate of drug-likeness (QED) is 0.393. The van der Waals surface area contributed by atoms with Crippen molar-refractivity contribution < 1.29 is 18.9 Å². The van der Waals surface area contributed by atoms with Gasteiger partial charge in [0.25, 0.3) is 0 Å². The van der Waals surface area contributed by atoms with Gasteiger partial charge in [-0.15, -0.1) is 0 Å². The standard InChI is InChI=1S/C13H28O4/c1-5-12(16-7-3)9-14-11-15-10-13(6-2)17-8-4/h12-13H,5-11H2,1-4H3. The van der Waals surface area contributed by atoms with Crippen molar-refractivity contribution in [2.45, 2.75) is 52.7 Å². The summed E-state index contributed by atoms with van der Waals surface area (Å²) >= 11 is 0. The van der Waals surface area contributed by atoms with Crippen LogP contribution in [0.1, 0.15) is 40.5 Å². The van der Waals surface area contributed by atoms with Crippen molar-refractivity contribution in [3.63, 3.8) is 0 Å². The Balaban J connectivity index is 3.43. The van der Waals surface area contributed by atoms with Crippen LogP contribution < -0.4 is 0 Å². The van der Waals surface area contributed by atoms with Gasteiger partial charge in [-0.25, -0.2) is 0 Å². The molecule has 0 aromatic rings. The maximum absolute atomic E-state index is 5.47. The topological polar surface area (TPSA) is 36.9 Å². The zero-order chi connectivity index (χ0) is 12.9. The van der Waals surface area contributed by atoms with Gasteiger partial charge in [0.1, 0.15) is 6.79 Å². The van der Waals surface area contributed by atoms with Gasteiger partial charge in [0, 0.05) is 13.2 Å². The second-order valence-corrected chi connectivity index (χ2v) is 3.83. The van der Waals surface area contributed by atoms with Crippen LogP contribution in [-0.4, -0.2) is 45.4 Å². The molecule has 17 heavy (non-hydrogen) atoms. The van der Waals surface area contributed by atoms with Gasteiger partial charge in [-0.05, 0) is 26.7 Å². The van der Waals surface area contributed by atoms with Crippen LogP contribution in [0.2, 0.25) is 0 Å². The van der Waals surface area contributed by atoms with Crippen LogP contribution in [0.15, 0.2) is 0 Å². The summed E-state index contributed by atoms with van der Waals surface area (Å²) < 4.78 is 21.8. The van der Waals surface area contributed by atoms with Crippen LogP contribution in [-0.2, 0) is 18.9 Å². The van der Waals surface area contributed by atoms with Crippen molar-refractivity contribution in [2.75, 3.05) is 33.2 Å². The van der Waals surface area contributed by atoms with E-state index in [1.54, 1.807) is 0 Å². The van der Waals surface area contributed by atoms with Gasteiger partial charge in [0.2, 0.25) is 0 Å². The molecule has 104 valence electrons. The molecule has 0 rings (SSSR count). The third-order valence-corrected chi connectivity index (χ3v) is 2.49. The third kappa shape index (κ3) is 9.53. The molecule has 0 saturated carbocycles. The number of rotatable bonds is 12. The van der Waals surface area contributed by atoms with Gasteiger partial charge in [0.15, 0.2) is 0 Å². The van der Waals surface area contributed by atoms with Crippen LogP contribution >= 0.6 is 0 Å². The Morgan fingerprint density at radius 3 is 1.41 bits per heavy atom. The van der Waals surface area contributed by atoms with E-state index in [0.29, 0.717) is 20.0 Å². The molecule has 0 aliphatic heterocycles. The fourth-order valence-corrected chi connectivity index (χ4v) is 1.46. The van der Waals surface area contributed by atoms with Crippen molar-refractivity contribution >= 4 is 0 Å². The van der Waals surface area contributed by atoms with E-state index in [9.17, 15) is 0 Å². The Morgan fingerprint density at radius 2 is 1.12 bits per heavy atom. The van der Waals surface area contributed by atoms with Crippen LogP contribution in [0.5, 0.6) is 0 Å². The largest absolute Gasteiger partial charge is 0.376 e. The molecule has 0 saturated heterocycles. The average molecular weight is 248 g/mol. The maximum atomic E-state index is 5.47. The normalized spacial score (nSPS) is 14.8. The van der Waals surface area contributed by atoms with Crippen molar-refractivity contribution in [1.29, 1.82) is 0 Å². The molecule has 0 N–H and O–H groups in total. The highest BCUT2D eigenvalue weighted by atomic mass is 16.7. The molecular formula is C13H28O4. The summed E-state index contributed by atoms with van der Waals surface area (Å²) in [5.74, 6) is 0. The van der Waals surface area contributed by atoms with Gasteiger partial charge in [-0.3, -0.25) is 0 Å². The molecule has 0 radical (unpaired) electrons. The Hall–Kier alpha value is -0.160. The fourth-order valence-electron chi connectivity index (χ4n) is 1.46. The zero-order valence-corrected chi connectivity index (χ0v) is 11.7. The molecule has 2 unspecified atom stereocenters. The van der Waals surface area contributed by atoms with Crippen molar-refractivity contribution in [1.82, 2.24) is 0 Å². The number of ether oxygens (including phenoxy) is 4. The summed E-state index contributed by atoms with van der Waals surface area (Å²) in [6, 6.07) is 0. The van der Waals surface area contributed by atoms with E-state index < -0.39 is 0 Å². The summed E-state index contributed by atoms with van der Waals surface area (Å²) in [4.78, 5) is 0. The first-order valence-electron chi connectivity index (χ1n) is 6.66. The molecule has 4 heteroatoms. The average Bonchev–Trinajstić information content (AvgIpc) is 2.35. The van der Waals surface area contributed by atoms with Gasteiger partial charge < -0.3 is 18.9 Å². The molecule has 0 fully saturated rings. The third-order valence-electron chi connectivity index (χ3n) is 2.49. The zero-order valence-electron chi connectivity index (χ0n) is 11.7. The summed E-state index contributed by atoms with van der Waals surface area (Å²) in [5, 5.41) is 0. The Morgan fingerprint density at radius 1 is 0.706 bits per heavy atom. The lowest BCUT2D eigenvalue weighted by atomic mass is 10.3. The highest BCUT2D eigenvalue weighted by Gasteiger charge is 2.07. The lowest BCUT2D eigenvalue weighted by Crippen LogP contribution is -2.23. The van der Waals surface area contributed by atoms with Crippen molar-refractivity contribution in [3.8, 4) is 0 Å². The van der Waals surface area contributed by atoms with Gasteiger partial charge in [0.05, 0.1) is 25.4 Å². The molecule has 0 aliphatic carbocycles. The molecule has 4 nitrogen and oxygen atoms in total. The molecule has 0 bridgehead atoms. The van der Waals surface area contributed by atoms with Crippen molar-refractivity contribution in [2.24, 2.45) is 0 Å². The molecule has 0 aromatic carbocycles. The van der Waals surface area contributed by atoms with E-state index in [1.165, 1.54) is 0 Å². The second kappa shape index (κ2) is 12.3. The fraction of sp³-hybridized carbons (Fsp3) is 1.00.